The van der Waals surface area contributed by atoms with E-state index >= 15 is 0 Å². The van der Waals surface area contributed by atoms with Gasteiger partial charge in [-0.2, -0.15) is 0 Å². The van der Waals surface area contributed by atoms with Gasteiger partial charge in [-0.1, -0.05) is 18.2 Å². The number of thioether (sulfide) groups is 1. The van der Waals surface area contributed by atoms with Gasteiger partial charge in [-0.3, -0.25) is 9.20 Å². The maximum absolute atomic E-state index is 12.4. The van der Waals surface area contributed by atoms with Gasteiger partial charge in [-0.15, -0.1) is 22.0 Å². The number of carbonyl (C=O) groups excluding carboxylic acids is 1. The monoisotopic (exact) mass is 395 g/mol. The van der Waals surface area contributed by atoms with Crippen LogP contribution in [0.2, 0.25) is 0 Å². The largest absolute Gasteiger partial charge is 0.325 e. The number of aromatic nitrogens is 3. The minimum atomic E-state index is 0.0663. The van der Waals surface area contributed by atoms with E-state index in [2.05, 4.69) is 24.8 Å². The normalized spacial score (nSPS) is 17.7. The summed E-state index contributed by atoms with van der Waals surface area (Å²) in [6.45, 7) is 2.72. The SMILES string of the molecule is CSc1ccccc1NC(=O)CCN1CCCC(c2nnc3ccccn23)C1. The Morgan fingerprint density at radius 2 is 2.07 bits per heavy atom. The van der Waals surface area contributed by atoms with Crippen molar-refractivity contribution in [3.05, 3.63) is 54.5 Å². The minimum Gasteiger partial charge on any atom is -0.325 e. The number of likely N-dealkylation sites (tertiary alicyclic amines) is 1. The lowest BCUT2D eigenvalue weighted by Crippen LogP contribution is -2.37. The molecule has 3 heterocycles. The summed E-state index contributed by atoms with van der Waals surface area (Å²) in [6.07, 6.45) is 6.77. The number of anilines is 1. The average molecular weight is 396 g/mol. The Balaban J connectivity index is 1.34. The van der Waals surface area contributed by atoms with E-state index in [-0.39, 0.29) is 5.91 Å². The number of pyridine rings is 1. The molecule has 1 atom stereocenters. The zero-order valence-corrected chi connectivity index (χ0v) is 16.9. The molecule has 1 aromatic carbocycles. The molecule has 0 spiro atoms. The van der Waals surface area contributed by atoms with Gasteiger partial charge in [0.15, 0.2) is 5.65 Å². The lowest BCUT2D eigenvalue weighted by atomic mass is 9.97. The summed E-state index contributed by atoms with van der Waals surface area (Å²) in [5, 5.41) is 11.8. The van der Waals surface area contributed by atoms with Crippen LogP contribution in [0, 0.1) is 0 Å². The van der Waals surface area contributed by atoms with E-state index in [4.69, 9.17) is 0 Å². The summed E-state index contributed by atoms with van der Waals surface area (Å²) in [6, 6.07) is 13.9. The number of nitrogens with one attached hydrogen (secondary N) is 1. The van der Waals surface area contributed by atoms with Gasteiger partial charge >= 0.3 is 0 Å². The zero-order chi connectivity index (χ0) is 19.3. The second-order valence-electron chi connectivity index (χ2n) is 7.13. The van der Waals surface area contributed by atoms with Crippen molar-refractivity contribution in [3.8, 4) is 0 Å². The van der Waals surface area contributed by atoms with Crippen molar-refractivity contribution >= 4 is 29.0 Å². The second kappa shape index (κ2) is 8.75. The van der Waals surface area contributed by atoms with Crippen LogP contribution in [-0.2, 0) is 4.79 Å². The minimum absolute atomic E-state index is 0.0663. The molecule has 0 saturated carbocycles. The first kappa shape index (κ1) is 19.0. The second-order valence-corrected chi connectivity index (χ2v) is 7.97. The Morgan fingerprint density at radius 1 is 1.21 bits per heavy atom. The predicted molar refractivity (Wildman–Crippen MR) is 113 cm³/mol. The predicted octanol–water partition coefficient (Wildman–Crippen LogP) is 3.66. The van der Waals surface area contributed by atoms with E-state index in [9.17, 15) is 4.79 Å². The highest BCUT2D eigenvalue weighted by Gasteiger charge is 2.25. The summed E-state index contributed by atoms with van der Waals surface area (Å²) in [4.78, 5) is 15.9. The molecule has 1 fully saturated rings. The lowest BCUT2D eigenvalue weighted by molar-refractivity contribution is -0.116. The number of carbonyl (C=O) groups is 1. The first-order valence-corrected chi connectivity index (χ1v) is 10.9. The fourth-order valence-electron chi connectivity index (χ4n) is 3.83. The smallest absolute Gasteiger partial charge is 0.225 e. The molecule has 1 unspecified atom stereocenters. The number of hydrogen-bond donors (Lipinski definition) is 1. The van der Waals surface area contributed by atoms with Gasteiger partial charge in [0.1, 0.15) is 5.82 Å². The molecule has 1 aliphatic heterocycles. The highest BCUT2D eigenvalue weighted by atomic mass is 32.2. The average Bonchev–Trinajstić information content (AvgIpc) is 3.17. The highest BCUT2D eigenvalue weighted by molar-refractivity contribution is 7.98. The van der Waals surface area contributed by atoms with E-state index in [0.717, 1.165) is 54.5 Å². The van der Waals surface area contributed by atoms with Crippen LogP contribution in [0.25, 0.3) is 5.65 Å². The summed E-state index contributed by atoms with van der Waals surface area (Å²) in [7, 11) is 0. The van der Waals surface area contributed by atoms with Crippen LogP contribution in [0.4, 0.5) is 5.69 Å². The zero-order valence-electron chi connectivity index (χ0n) is 16.0. The Bertz CT molecular complexity index is 957. The summed E-state index contributed by atoms with van der Waals surface area (Å²) in [5.41, 5.74) is 1.79. The Hall–Kier alpha value is -2.38. The Labute approximate surface area is 169 Å². The van der Waals surface area contributed by atoms with E-state index < -0.39 is 0 Å². The molecule has 0 radical (unpaired) electrons. The van der Waals surface area contributed by atoms with Gasteiger partial charge in [0.25, 0.3) is 0 Å². The van der Waals surface area contributed by atoms with Gasteiger partial charge in [-0.05, 0) is 49.9 Å². The van der Waals surface area contributed by atoms with Crippen molar-refractivity contribution in [1.29, 1.82) is 0 Å². The number of hydrogen-bond acceptors (Lipinski definition) is 5. The molecule has 146 valence electrons. The molecule has 1 aliphatic rings. The fourth-order valence-corrected chi connectivity index (χ4v) is 4.38. The van der Waals surface area contributed by atoms with Gasteiger partial charge in [0.05, 0.1) is 5.69 Å². The number of rotatable bonds is 6. The molecular formula is C21H25N5OS. The van der Waals surface area contributed by atoms with E-state index in [1.54, 1.807) is 11.8 Å². The number of fused-ring (bicyclic) bond motifs is 1. The van der Waals surface area contributed by atoms with Crippen LogP contribution < -0.4 is 5.32 Å². The number of para-hydroxylation sites is 1. The van der Waals surface area contributed by atoms with Crippen LogP contribution in [0.5, 0.6) is 0 Å². The molecule has 1 amide bonds. The number of piperidine rings is 1. The Kier molecular flexibility index (Phi) is 5.92. The molecule has 0 aliphatic carbocycles. The van der Waals surface area contributed by atoms with E-state index in [0.29, 0.717) is 12.3 Å². The molecule has 3 aromatic rings. The van der Waals surface area contributed by atoms with Crippen molar-refractivity contribution in [2.45, 2.75) is 30.1 Å². The van der Waals surface area contributed by atoms with Crippen LogP contribution in [-0.4, -0.2) is 51.3 Å². The molecule has 0 bridgehead atoms. The highest BCUT2D eigenvalue weighted by Crippen LogP contribution is 2.27. The first-order chi connectivity index (χ1) is 13.7. The fraction of sp³-hybridized carbons (Fsp3) is 0.381. The lowest BCUT2D eigenvalue weighted by Gasteiger charge is -2.31. The van der Waals surface area contributed by atoms with Crippen LogP contribution >= 0.6 is 11.8 Å². The van der Waals surface area contributed by atoms with Gasteiger partial charge in [-0.25, -0.2) is 0 Å². The standard InChI is InChI=1S/C21H25N5OS/c1-28-18-9-3-2-8-17(18)22-20(27)11-14-25-12-6-7-16(15-25)21-24-23-19-10-4-5-13-26(19)21/h2-5,8-10,13,16H,6-7,11-12,14-15H2,1H3,(H,22,27). The first-order valence-electron chi connectivity index (χ1n) is 9.69. The van der Waals surface area contributed by atoms with E-state index in [1.165, 1.54) is 0 Å². The van der Waals surface area contributed by atoms with Crippen molar-refractivity contribution in [2.24, 2.45) is 0 Å². The third-order valence-electron chi connectivity index (χ3n) is 5.25. The van der Waals surface area contributed by atoms with Crippen LogP contribution in [0.1, 0.15) is 31.0 Å². The molecule has 1 saturated heterocycles. The molecule has 1 N–H and O–H groups in total. The summed E-state index contributed by atoms with van der Waals surface area (Å²) in [5.74, 6) is 1.45. The molecule has 4 rings (SSSR count). The molecular weight excluding hydrogens is 370 g/mol. The van der Waals surface area contributed by atoms with Crippen molar-refractivity contribution in [3.63, 3.8) is 0 Å². The van der Waals surface area contributed by atoms with Crippen molar-refractivity contribution in [2.75, 3.05) is 31.2 Å². The number of benzene rings is 1. The summed E-state index contributed by atoms with van der Waals surface area (Å²) < 4.78 is 2.08. The molecule has 6 nitrogen and oxygen atoms in total. The number of amides is 1. The van der Waals surface area contributed by atoms with Crippen LogP contribution in [0.3, 0.4) is 0 Å². The van der Waals surface area contributed by atoms with Crippen LogP contribution in [0.15, 0.2) is 53.6 Å². The quantitative estimate of drug-likeness (QED) is 0.646. The number of nitrogens with zero attached hydrogens (tertiary/aromatic N) is 4. The van der Waals surface area contributed by atoms with Crippen molar-refractivity contribution < 1.29 is 4.79 Å². The third-order valence-corrected chi connectivity index (χ3v) is 6.04. The molecule has 7 heteroatoms. The maximum Gasteiger partial charge on any atom is 0.225 e. The maximum atomic E-state index is 12.4. The molecule has 2 aromatic heterocycles. The van der Waals surface area contributed by atoms with Gasteiger partial charge in [0, 0.05) is 36.5 Å². The van der Waals surface area contributed by atoms with Gasteiger partial charge < -0.3 is 10.2 Å². The molecule has 28 heavy (non-hydrogen) atoms. The van der Waals surface area contributed by atoms with E-state index in [1.807, 2.05) is 54.9 Å². The van der Waals surface area contributed by atoms with Gasteiger partial charge in [0.2, 0.25) is 5.91 Å². The van der Waals surface area contributed by atoms with Crippen molar-refractivity contribution in [1.82, 2.24) is 19.5 Å². The Morgan fingerprint density at radius 3 is 2.96 bits per heavy atom. The summed E-state index contributed by atoms with van der Waals surface area (Å²) >= 11 is 1.64. The third kappa shape index (κ3) is 4.20. The topological polar surface area (TPSA) is 62.5 Å².